The summed E-state index contributed by atoms with van der Waals surface area (Å²) in [5, 5.41) is 9.28. The van der Waals surface area contributed by atoms with Crippen LogP contribution in [-0.4, -0.2) is 20.4 Å². The molecule has 1 aliphatic heterocycles. The van der Waals surface area contributed by atoms with Crippen molar-refractivity contribution < 1.29 is 13.9 Å². The minimum absolute atomic E-state index is 0.0721. The fraction of sp³-hybridized carbons (Fsp3) is 0.0800. The fourth-order valence-corrected chi connectivity index (χ4v) is 3.82. The quantitative estimate of drug-likeness (QED) is 0.460. The second-order valence-corrected chi connectivity index (χ2v) is 7.42. The van der Waals surface area contributed by atoms with Crippen molar-refractivity contribution in [2.45, 2.75) is 13.1 Å². The highest BCUT2D eigenvalue weighted by Crippen LogP contribution is 2.36. The van der Waals surface area contributed by atoms with Gasteiger partial charge in [-0.2, -0.15) is 5.26 Å². The van der Waals surface area contributed by atoms with Gasteiger partial charge in [0.1, 0.15) is 11.8 Å². The lowest BCUT2D eigenvalue weighted by molar-refractivity contribution is 0.0765. The van der Waals surface area contributed by atoms with Crippen molar-refractivity contribution in [1.29, 1.82) is 5.26 Å². The van der Waals surface area contributed by atoms with Crippen LogP contribution < -0.4 is 4.74 Å². The molecule has 0 saturated carbocycles. The molecule has 4 aromatic rings. The maximum absolute atomic E-state index is 14.3. The Morgan fingerprint density at radius 2 is 1.91 bits per heavy atom. The SMILES string of the molecule is N#Cc1cccc(F)c1Oc1cccc2c1C(=O)N(Cc1ccc(-n3ccnc3)cc1)C2. The van der Waals surface area contributed by atoms with E-state index in [1.165, 1.54) is 18.2 Å². The summed E-state index contributed by atoms with van der Waals surface area (Å²) < 4.78 is 21.9. The van der Waals surface area contributed by atoms with Gasteiger partial charge in [0.05, 0.1) is 17.5 Å². The summed E-state index contributed by atoms with van der Waals surface area (Å²) >= 11 is 0. The maximum Gasteiger partial charge on any atom is 0.258 e. The van der Waals surface area contributed by atoms with Crippen LogP contribution in [0, 0.1) is 17.1 Å². The second kappa shape index (κ2) is 8.00. The number of fused-ring (bicyclic) bond motifs is 1. The fourth-order valence-electron chi connectivity index (χ4n) is 3.82. The van der Waals surface area contributed by atoms with Gasteiger partial charge < -0.3 is 14.2 Å². The zero-order valence-corrected chi connectivity index (χ0v) is 16.9. The zero-order valence-electron chi connectivity index (χ0n) is 16.9. The molecule has 2 heterocycles. The summed E-state index contributed by atoms with van der Waals surface area (Å²) in [6, 6.07) is 19.2. The van der Waals surface area contributed by atoms with Gasteiger partial charge in [-0.3, -0.25) is 4.79 Å². The van der Waals surface area contributed by atoms with Crippen molar-refractivity contribution in [1.82, 2.24) is 14.5 Å². The Kier molecular flexibility index (Phi) is 4.88. The highest BCUT2D eigenvalue weighted by atomic mass is 19.1. The molecule has 0 spiro atoms. The van der Waals surface area contributed by atoms with Crippen LogP contribution in [0.5, 0.6) is 11.5 Å². The number of ether oxygens (including phenoxy) is 1. The molecule has 0 saturated heterocycles. The Morgan fingerprint density at radius 3 is 2.66 bits per heavy atom. The van der Waals surface area contributed by atoms with E-state index in [2.05, 4.69) is 4.98 Å². The number of para-hydroxylation sites is 1. The third-order valence-electron chi connectivity index (χ3n) is 5.39. The van der Waals surface area contributed by atoms with Gasteiger partial charge in [0.25, 0.3) is 5.91 Å². The van der Waals surface area contributed by atoms with E-state index < -0.39 is 5.82 Å². The van der Waals surface area contributed by atoms with E-state index in [4.69, 9.17) is 4.74 Å². The summed E-state index contributed by atoms with van der Waals surface area (Å²) in [6.07, 6.45) is 5.31. The van der Waals surface area contributed by atoms with Gasteiger partial charge in [-0.25, -0.2) is 9.37 Å². The largest absolute Gasteiger partial charge is 0.452 e. The number of nitrogens with zero attached hydrogens (tertiary/aromatic N) is 4. The van der Waals surface area contributed by atoms with Gasteiger partial charge in [-0.1, -0.05) is 30.3 Å². The minimum atomic E-state index is -0.651. The number of aromatic nitrogens is 2. The van der Waals surface area contributed by atoms with Crippen LogP contribution in [0.25, 0.3) is 5.69 Å². The van der Waals surface area contributed by atoms with Gasteiger partial charge >= 0.3 is 0 Å². The Balaban J connectivity index is 1.38. The molecule has 0 radical (unpaired) electrons. The lowest BCUT2D eigenvalue weighted by atomic mass is 10.1. The van der Waals surface area contributed by atoms with Crippen LogP contribution in [0.15, 0.2) is 79.4 Å². The smallest absolute Gasteiger partial charge is 0.258 e. The average molecular weight is 424 g/mol. The maximum atomic E-state index is 14.3. The zero-order chi connectivity index (χ0) is 22.1. The molecule has 1 aliphatic rings. The second-order valence-electron chi connectivity index (χ2n) is 7.42. The third-order valence-corrected chi connectivity index (χ3v) is 5.39. The molecule has 7 heteroatoms. The average Bonchev–Trinajstić information content (AvgIpc) is 3.45. The Hall–Kier alpha value is -4.44. The molecule has 32 heavy (non-hydrogen) atoms. The Bertz CT molecular complexity index is 1340. The van der Waals surface area contributed by atoms with Crippen LogP contribution >= 0.6 is 0 Å². The highest BCUT2D eigenvalue weighted by molar-refractivity contribution is 6.01. The van der Waals surface area contributed by atoms with Crippen LogP contribution in [0.1, 0.15) is 27.0 Å². The summed E-state index contributed by atoms with van der Waals surface area (Å²) in [5.41, 5.74) is 3.24. The van der Waals surface area contributed by atoms with Crippen molar-refractivity contribution in [3.63, 3.8) is 0 Å². The molecule has 0 aliphatic carbocycles. The topological polar surface area (TPSA) is 71.2 Å². The molecule has 3 aromatic carbocycles. The molecule has 6 nitrogen and oxygen atoms in total. The first-order valence-electron chi connectivity index (χ1n) is 9.99. The molecule has 5 rings (SSSR count). The van der Waals surface area contributed by atoms with Gasteiger partial charge in [0.15, 0.2) is 11.6 Å². The standard InChI is InChI=1S/C25H17FN4O2/c26-21-5-1-3-18(13-27)24(21)32-22-6-2-4-19-15-30(25(31)23(19)22)14-17-7-9-20(10-8-17)29-12-11-28-16-29/h1-12,16H,14-15H2. The van der Waals surface area contributed by atoms with Crippen molar-refractivity contribution in [3.8, 4) is 23.3 Å². The first-order chi connectivity index (χ1) is 15.6. The summed E-state index contributed by atoms with van der Waals surface area (Å²) in [7, 11) is 0. The van der Waals surface area contributed by atoms with Crippen LogP contribution in [-0.2, 0) is 13.1 Å². The molecule has 1 amide bonds. The molecule has 0 bridgehead atoms. The number of nitriles is 1. The van der Waals surface area contributed by atoms with E-state index in [9.17, 15) is 14.4 Å². The Labute approximate surface area is 183 Å². The minimum Gasteiger partial charge on any atom is -0.452 e. The number of hydrogen-bond acceptors (Lipinski definition) is 4. The predicted molar refractivity (Wildman–Crippen MR) is 115 cm³/mol. The molecule has 0 unspecified atom stereocenters. The summed E-state index contributed by atoms with van der Waals surface area (Å²) in [4.78, 5) is 18.9. The normalized spacial score (nSPS) is 12.5. The van der Waals surface area contributed by atoms with Crippen molar-refractivity contribution in [2.24, 2.45) is 0 Å². The molecular weight excluding hydrogens is 407 g/mol. The lowest BCUT2D eigenvalue weighted by Gasteiger charge is -2.16. The van der Waals surface area contributed by atoms with E-state index >= 15 is 0 Å². The monoisotopic (exact) mass is 424 g/mol. The van der Waals surface area contributed by atoms with Crippen molar-refractivity contribution in [3.05, 3.63) is 107 Å². The van der Waals surface area contributed by atoms with E-state index in [0.717, 1.165) is 16.8 Å². The van der Waals surface area contributed by atoms with E-state index in [0.29, 0.717) is 18.7 Å². The van der Waals surface area contributed by atoms with Gasteiger partial charge in [0.2, 0.25) is 0 Å². The summed E-state index contributed by atoms with van der Waals surface area (Å²) in [5.74, 6) is -0.775. The molecule has 156 valence electrons. The number of amides is 1. The van der Waals surface area contributed by atoms with Crippen molar-refractivity contribution in [2.75, 3.05) is 0 Å². The number of carbonyl (C=O) groups excluding carboxylic acids is 1. The lowest BCUT2D eigenvalue weighted by Crippen LogP contribution is -2.23. The molecule has 0 fully saturated rings. The molecule has 0 N–H and O–H groups in total. The first-order valence-corrected chi connectivity index (χ1v) is 9.99. The van der Waals surface area contributed by atoms with E-state index in [-0.39, 0.29) is 23.0 Å². The number of halogens is 1. The van der Waals surface area contributed by atoms with Crippen LogP contribution in [0.4, 0.5) is 4.39 Å². The number of carbonyl (C=O) groups is 1. The Morgan fingerprint density at radius 1 is 1.09 bits per heavy atom. The highest BCUT2D eigenvalue weighted by Gasteiger charge is 2.31. The third kappa shape index (κ3) is 3.48. The van der Waals surface area contributed by atoms with Gasteiger partial charge in [0, 0.05) is 31.2 Å². The number of imidazole rings is 1. The summed E-state index contributed by atoms with van der Waals surface area (Å²) in [6.45, 7) is 0.858. The van der Waals surface area contributed by atoms with Gasteiger partial charge in [-0.05, 0) is 41.5 Å². The van der Waals surface area contributed by atoms with E-state index in [1.807, 2.05) is 47.2 Å². The van der Waals surface area contributed by atoms with Crippen LogP contribution in [0.3, 0.4) is 0 Å². The van der Waals surface area contributed by atoms with Gasteiger partial charge in [-0.15, -0.1) is 0 Å². The van der Waals surface area contributed by atoms with E-state index in [1.54, 1.807) is 29.6 Å². The number of rotatable bonds is 5. The van der Waals surface area contributed by atoms with Crippen molar-refractivity contribution >= 4 is 5.91 Å². The van der Waals surface area contributed by atoms with Crippen LogP contribution in [0.2, 0.25) is 0 Å². The molecule has 1 aromatic heterocycles. The first kappa shape index (κ1) is 19.5. The molecular formula is C25H17FN4O2. The number of benzene rings is 3. The predicted octanol–water partition coefficient (Wildman–Crippen LogP) is 4.83. The molecule has 0 atom stereocenters. The number of hydrogen-bond donors (Lipinski definition) is 0.